The minimum Gasteiger partial charge on any atom is -0.493 e. The molecule has 0 aliphatic heterocycles. The van der Waals surface area contributed by atoms with E-state index in [0.717, 1.165) is 11.5 Å². The third-order valence-electron chi connectivity index (χ3n) is 2.55. The molecule has 1 rings (SSSR count). The second kappa shape index (κ2) is 4.39. The maximum absolute atomic E-state index is 5.78. The number of ether oxygens (including phenoxy) is 1. The quantitative estimate of drug-likeness (QED) is 0.655. The van der Waals surface area contributed by atoms with Crippen molar-refractivity contribution < 1.29 is 4.74 Å². The fourth-order valence-electron chi connectivity index (χ4n) is 1.52. The third-order valence-corrected chi connectivity index (χ3v) is 2.55. The van der Waals surface area contributed by atoms with Gasteiger partial charge in [0.15, 0.2) is 0 Å². The summed E-state index contributed by atoms with van der Waals surface area (Å²) in [6, 6.07) is 0. The van der Waals surface area contributed by atoms with Gasteiger partial charge < -0.3 is 10.1 Å². The molecule has 0 aromatic heterocycles. The number of allylic oxidation sites excluding steroid dienone is 2. The Hall–Kier alpha value is -0.660. The predicted molar refractivity (Wildman–Crippen MR) is 50.8 cm³/mol. The summed E-state index contributed by atoms with van der Waals surface area (Å²) in [5, 5.41) is 3.09. The monoisotopic (exact) mass is 169 g/mol. The number of hydrogen-bond donors (Lipinski definition) is 1. The van der Waals surface area contributed by atoms with E-state index >= 15 is 0 Å². The van der Waals surface area contributed by atoms with Crippen LogP contribution in [0.15, 0.2) is 11.5 Å². The molecule has 0 radical (unpaired) electrons. The molecule has 0 bridgehead atoms. The molecular formula is C10H19NO. The van der Waals surface area contributed by atoms with Crippen molar-refractivity contribution in [3.05, 3.63) is 11.5 Å². The summed E-state index contributed by atoms with van der Waals surface area (Å²) in [7, 11) is 1.93. The van der Waals surface area contributed by atoms with Gasteiger partial charge in [0.25, 0.3) is 0 Å². The molecule has 0 amide bonds. The Bertz CT molecular complexity index is 169. The van der Waals surface area contributed by atoms with Crippen LogP contribution in [0.1, 0.15) is 39.5 Å². The van der Waals surface area contributed by atoms with Crippen molar-refractivity contribution in [2.45, 2.75) is 45.6 Å². The van der Waals surface area contributed by atoms with Crippen LogP contribution >= 0.6 is 0 Å². The Morgan fingerprint density at radius 1 is 1.25 bits per heavy atom. The highest BCUT2D eigenvalue weighted by molar-refractivity contribution is 5.00. The first-order chi connectivity index (χ1) is 5.74. The van der Waals surface area contributed by atoms with E-state index in [0.29, 0.717) is 6.10 Å². The van der Waals surface area contributed by atoms with Crippen LogP contribution in [0.2, 0.25) is 0 Å². The first-order valence-electron chi connectivity index (χ1n) is 4.76. The molecule has 1 aliphatic rings. The number of rotatable bonds is 3. The molecule has 0 spiro atoms. The molecule has 2 nitrogen and oxygen atoms in total. The lowest BCUT2D eigenvalue weighted by molar-refractivity contribution is 0.120. The average Bonchev–Trinajstić information content (AvgIpc) is 2.55. The van der Waals surface area contributed by atoms with Gasteiger partial charge in [-0.15, -0.1) is 0 Å². The van der Waals surface area contributed by atoms with Gasteiger partial charge in [0, 0.05) is 12.7 Å². The summed E-state index contributed by atoms with van der Waals surface area (Å²) in [6.45, 7) is 4.08. The van der Waals surface area contributed by atoms with Gasteiger partial charge in [-0.3, -0.25) is 0 Å². The summed E-state index contributed by atoms with van der Waals surface area (Å²) in [4.78, 5) is 0. The van der Waals surface area contributed by atoms with Crippen molar-refractivity contribution in [1.29, 1.82) is 0 Å². The van der Waals surface area contributed by atoms with Crippen LogP contribution in [0.25, 0.3) is 0 Å². The van der Waals surface area contributed by atoms with Gasteiger partial charge in [-0.25, -0.2) is 0 Å². The van der Waals surface area contributed by atoms with Gasteiger partial charge in [-0.05, 0) is 39.5 Å². The van der Waals surface area contributed by atoms with Crippen LogP contribution in [-0.4, -0.2) is 13.2 Å². The number of nitrogens with one attached hydrogen (secondary N) is 1. The minimum absolute atomic E-state index is 0.480. The van der Waals surface area contributed by atoms with E-state index in [1.807, 2.05) is 20.9 Å². The smallest absolute Gasteiger partial charge is 0.112 e. The maximum atomic E-state index is 5.78. The van der Waals surface area contributed by atoms with E-state index in [1.165, 1.54) is 25.7 Å². The van der Waals surface area contributed by atoms with E-state index in [1.54, 1.807) is 0 Å². The maximum Gasteiger partial charge on any atom is 0.112 e. The SMILES string of the molecule is CN/C(C)=C(\C)OC1CCCC1. The zero-order valence-corrected chi connectivity index (χ0v) is 8.31. The minimum atomic E-state index is 0.480. The van der Waals surface area contributed by atoms with Crippen molar-refractivity contribution in [3.63, 3.8) is 0 Å². The lowest BCUT2D eigenvalue weighted by Crippen LogP contribution is -2.11. The normalized spacial score (nSPS) is 20.6. The van der Waals surface area contributed by atoms with Crippen molar-refractivity contribution in [3.8, 4) is 0 Å². The van der Waals surface area contributed by atoms with Gasteiger partial charge in [-0.2, -0.15) is 0 Å². The van der Waals surface area contributed by atoms with Gasteiger partial charge in [0.05, 0.1) is 6.10 Å². The Labute approximate surface area is 75.0 Å². The second-order valence-corrected chi connectivity index (χ2v) is 3.46. The zero-order valence-electron chi connectivity index (χ0n) is 8.31. The summed E-state index contributed by atoms with van der Waals surface area (Å²) in [6.07, 6.45) is 5.60. The van der Waals surface area contributed by atoms with E-state index in [4.69, 9.17) is 4.74 Å². The largest absolute Gasteiger partial charge is 0.493 e. The molecular weight excluding hydrogens is 150 g/mol. The first kappa shape index (κ1) is 9.43. The van der Waals surface area contributed by atoms with Crippen LogP contribution in [0, 0.1) is 0 Å². The lowest BCUT2D eigenvalue weighted by Gasteiger charge is -2.15. The average molecular weight is 169 g/mol. The molecule has 0 saturated heterocycles. The molecule has 12 heavy (non-hydrogen) atoms. The Kier molecular flexibility index (Phi) is 3.45. The molecule has 2 heteroatoms. The summed E-state index contributed by atoms with van der Waals surface area (Å²) in [5.74, 6) is 1.05. The van der Waals surface area contributed by atoms with E-state index < -0.39 is 0 Å². The Morgan fingerprint density at radius 3 is 2.33 bits per heavy atom. The molecule has 0 unspecified atom stereocenters. The highest BCUT2D eigenvalue weighted by Gasteiger charge is 2.16. The predicted octanol–water partition coefficient (Wildman–Crippen LogP) is 2.42. The van der Waals surface area contributed by atoms with Gasteiger partial charge >= 0.3 is 0 Å². The highest BCUT2D eigenvalue weighted by atomic mass is 16.5. The summed E-state index contributed by atoms with van der Waals surface area (Å²) in [5.41, 5.74) is 1.14. The molecule has 70 valence electrons. The van der Waals surface area contributed by atoms with Crippen molar-refractivity contribution in [1.82, 2.24) is 5.32 Å². The summed E-state index contributed by atoms with van der Waals surface area (Å²) >= 11 is 0. The summed E-state index contributed by atoms with van der Waals surface area (Å²) < 4.78 is 5.78. The fraction of sp³-hybridized carbons (Fsp3) is 0.800. The molecule has 0 aromatic rings. The Balaban J connectivity index is 2.38. The van der Waals surface area contributed by atoms with E-state index in [9.17, 15) is 0 Å². The van der Waals surface area contributed by atoms with Crippen LogP contribution in [-0.2, 0) is 4.74 Å². The number of hydrogen-bond acceptors (Lipinski definition) is 2. The molecule has 1 fully saturated rings. The third kappa shape index (κ3) is 2.43. The first-order valence-corrected chi connectivity index (χ1v) is 4.76. The van der Waals surface area contributed by atoms with Crippen LogP contribution < -0.4 is 5.32 Å². The van der Waals surface area contributed by atoms with E-state index in [-0.39, 0.29) is 0 Å². The topological polar surface area (TPSA) is 21.3 Å². The highest BCUT2D eigenvalue weighted by Crippen LogP contribution is 2.23. The van der Waals surface area contributed by atoms with Crippen LogP contribution in [0.3, 0.4) is 0 Å². The molecule has 0 heterocycles. The standard InChI is InChI=1S/C10H19NO/c1-8(11-3)9(2)12-10-6-4-5-7-10/h10-11H,4-7H2,1-3H3/b9-8+. The van der Waals surface area contributed by atoms with Crippen LogP contribution in [0.5, 0.6) is 0 Å². The van der Waals surface area contributed by atoms with Crippen molar-refractivity contribution in [2.75, 3.05) is 7.05 Å². The fourth-order valence-corrected chi connectivity index (χ4v) is 1.52. The zero-order chi connectivity index (χ0) is 8.97. The van der Waals surface area contributed by atoms with E-state index in [2.05, 4.69) is 5.32 Å². The molecule has 0 atom stereocenters. The molecule has 1 saturated carbocycles. The van der Waals surface area contributed by atoms with Crippen molar-refractivity contribution in [2.24, 2.45) is 0 Å². The lowest BCUT2D eigenvalue weighted by atomic mass is 10.3. The van der Waals surface area contributed by atoms with Gasteiger partial charge in [0.1, 0.15) is 5.76 Å². The Morgan fingerprint density at radius 2 is 1.83 bits per heavy atom. The molecule has 1 aliphatic carbocycles. The molecule has 1 N–H and O–H groups in total. The van der Waals surface area contributed by atoms with Crippen molar-refractivity contribution >= 4 is 0 Å². The van der Waals surface area contributed by atoms with Gasteiger partial charge in [-0.1, -0.05) is 0 Å². The molecule has 0 aromatic carbocycles. The second-order valence-electron chi connectivity index (χ2n) is 3.46. The van der Waals surface area contributed by atoms with Gasteiger partial charge in [0.2, 0.25) is 0 Å². The van der Waals surface area contributed by atoms with Crippen LogP contribution in [0.4, 0.5) is 0 Å².